The molecule has 0 aromatic carbocycles. The highest BCUT2D eigenvalue weighted by Gasteiger charge is 2.38. The summed E-state index contributed by atoms with van der Waals surface area (Å²) >= 11 is 0. The molecule has 0 bridgehead atoms. The predicted octanol–water partition coefficient (Wildman–Crippen LogP) is -0.983. The summed E-state index contributed by atoms with van der Waals surface area (Å²) in [5.74, 6) is -1.47. The Morgan fingerprint density at radius 3 is 2.67 bits per heavy atom. The molecule has 21 heavy (non-hydrogen) atoms. The van der Waals surface area contributed by atoms with Gasteiger partial charge in [-0.05, 0) is 20.5 Å². The van der Waals surface area contributed by atoms with E-state index in [1.165, 1.54) is 4.90 Å². The van der Waals surface area contributed by atoms with Gasteiger partial charge in [-0.25, -0.2) is 4.79 Å². The number of carbonyl (C=O) groups excluding carboxylic acids is 2. The molecule has 8 nitrogen and oxygen atoms in total. The van der Waals surface area contributed by atoms with Crippen LogP contribution in [0, 0.1) is 0 Å². The average Bonchev–Trinajstić information content (AvgIpc) is 2.89. The number of likely N-dealkylation sites (tertiary alicyclic amines) is 1. The fourth-order valence-electron chi connectivity index (χ4n) is 2.83. The van der Waals surface area contributed by atoms with Gasteiger partial charge in [-0.1, -0.05) is 0 Å². The van der Waals surface area contributed by atoms with Crippen molar-refractivity contribution in [3.63, 3.8) is 0 Å². The van der Waals surface area contributed by atoms with Crippen LogP contribution in [-0.2, 0) is 9.59 Å². The summed E-state index contributed by atoms with van der Waals surface area (Å²) in [4.78, 5) is 40.5. The number of carboxylic acids is 1. The van der Waals surface area contributed by atoms with E-state index >= 15 is 0 Å². The molecule has 0 spiro atoms. The van der Waals surface area contributed by atoms with Gasteiger partial charge in [0.05, 0.1) is 6.42 Å². The molecule has 2 N–H and O–H groups in total. The van der Waals surface area contributed by atoms with E-state index in [9.17, 15) is 14.4 Å². The third-order valence-electron chi connectivity index (χ3n) is 4.11. The van der Waals surface area contributed by atoms with E-state index in [1.54, 1.807) is 4.90 Å². The first-order valence-corrected chi connectivity index (χ1v) is 7.11. The fraction of sp³-hybridized carbons (Fsp3) is 0.769. The van der Waals surface area contributed by atoms with E-state index in [4.69, 9.17) is 5.11 Å². The van der Waals surface area contributed by atoms with Gasteiger partial charge in [-0.3, -0.25) is 9.59 Å². The maximum atomic E-state index is 12.6. The first kappa shape index (κ1) is 15.6. The Labute approximate surface area is 123 Å². The SMILES string of the molecule is CN(C)C1CCN(C(=O)N2CCNC(=O)C2CC(=O)O)C1. The molecule has 2 unspecified atom stereocenters. The van der Waals surface area contributed by atoms with Crippen LogP contribution in [0.4, 0.5) is 4.79 Å². The van der Waals surface area contributed by atoms with Gasteiger partial charge in [0.1, 0.15) is 6.04 Å². The number of carboxylic acid groups (broad SMARTS) is 1. The topological polar surface area (TPSA) is 93.2 Å². The van der Waals surface area contributed by atoms with Crippen molar-refractivity contribution in [2.75, 3.05) is 40.3 Å². The van der Waals surface area contributed by atoms with Gasteiger partial charge in [0.25, 0.3) is 0 Å². The first-order chi connectivity index (χ1) is 9.90. The Kier molecular flexibility index (Phi) is 4.66. The molecule has 0 radical (unpaired) electrons. The number of nitrogens with zero attached hydrogens (tertiary/aromatic N) is 3. The van der Waals surface area contributed by atoms with Gasteiger partial charge in [0.15, 0.2) is 0 Å². The molecule has 0 saturated carbocycles. The average molecular weight is 298 g/mol. The number of piperazine rings is 1. The van der Waals surface area contributed by atoms with Crippen molar-refractivity contribution in [2.45, 2.75) is 24.9 Å². The summed E-state index contributed by atoms with van der Waals surface area (Å²) in [7, 11) is 3.94. The second-order valence-corrected chi connectivity index (χ2v) is 5.73. The summed E-state index contributed by atoms with van der Waals surface area (Å²) < 4.78 is 0. The Morgan fingerprint density at radius 1 is 1.38 bits per heavy atom. The molecule has 0 aliphatic carbocycles. The lowest BCUT2D eigenvalue weighted by atomic mass is 10.1. The van der Waals surface area contributed by atoms with Crippen LogP contribution in [0.2, 0.25) is 0 Å². The zero-order valence-electron chi connectivity index (χ0n) is 12.4. The number of aliphatic carboxylic acids is 1. The normalized spacial score (nSPS) is 26.1. The van der Waals surface area contributed by atoms with Crippen LogP contribution in [0.5, 0.6) is 0 Å². The molecule has 2 aliphatic heterocycles. The lowest BCUT2D eigenvalue weighted by molar-refractivity contribution is -0.142. The molecule has 2 fully saturated rings. The number of nitrogens with one attached hydrogen (secondary N) is 1. The van der Waals surface area contributed by atoms with Crippen LogP contribution in [0.1, 0.15) is 12.8 Å². The summed E-state index contributed by atoms with van der Waals surface area (Å²) in [6, 6.07) is -0.840. The smallest absolute Gasteiger partial charge is 0.320 e. The van der Waals surface area contributed by atoms with E-state index in [0.717, 1.165) is 6.42 Å². The van der Waals surface area contributed by atoms with Crippen LogP contribution in [0.15, 0.2) is 0 Å². The molecule has 2 aliphatic rings. The van der Waals surface area contributed by atoms with Gasteiger partial charge in [-0.15, -0.1) is 0 Å². The zero-order valence-corrected chi connectivity index (χ0v) is 12.4. The van der Waals surface area contributed by atoms with Gasteiger partial charge in [0.2, 0.25) is 5.91 Å². The van der Waals surface area contributed by atoms with Crippen molar-refractivity contribution in [2.24, 2.45) is 0 Å². The number of hydrogen-bond donors (Lipinski definition) is 2. The van der Waals surface area contributed by atoms with Crippen LogP contribution in [0.25, 0.3) is 0 Å². The molecule has 2 rings (SSSR count). The Balaban J connectivity index is 2.05. The molecular weight excluding hydrogens is 276 g/mol. The predicted molar refractivity (Wildman–Crippen MR) is 74.8 cm³/mol. The Hall–Kier alpha value is -1.83. The number of rotatable bonds is 3. The molecule has 2 saturated heterocycles. The van der Waals surface area contributed by atoms with E-state index in [0.29, 0.717) is 32.2 Å². The molecule has 2 heterocycles. The standard InChI is InChI=1S/C13H22N4O4/c1-15(2)9-3-5-16(8-9)13(21)17-6-4-14-12(20)10(17)7-11(18)19/h9-10H,3-8H2,1-2H3,(H,14,20)(H,18,19). The molecule has 3 amide bonds. The number of amides is 3. The fourth-order valence-corrected chi connectivity index (χ4v) is 2.83. The minimum Gasteiger partial charge on any atom is -0.481 e. The maximum absolute atomic E-state index is 12.6. The third kappa shape index (κ3) is 3.44. The van der Waals surface area contributed by atoms with Gasteiger partial charge in [-0.2, -0.15) is 0 Å². The highest BCUT2D eigenvalue weighted by molar-refractivity contribution is 5.91. The second-order valence-electron chi connectivity index (χ2n) is 5.73. The summed E-state index contributed by atoms with van der Waals surface area (Å²) in [5.41, 5.74) is 0. The number of hydrogen-bond acceptors (Lipinski definition) is 4. The largest absolute Gasteiger partial charge is 0.481 e. The lowest BCUT2D eigenvalue weighted by Crippen LogP contribution is -2.60. The summed E-state index contributed by atoms with van der Waals surface area (Å²) in [6.07, 6.45) is 0.533. The van der Waals surface area contributed by atoms with Crippen molar-refractivity contribution >= 4 is 17.9 Å². The van der Waals surface area contributed by atoms with Crippen LogP contribution in [0.3, 0.4) is 0 Å². The van der Waals surface area contributed by atoms with Crippen LogP contribution >= 0.6 is 0 Å². The van der Waals surface area contributed by atoms with E-state index in [2.05, 4.69) is 10.2 Å². The number of carbonyl (C=O) groups is 3. The third-order valence-corrected chi connectivity index (χ3v) is 4.11. The monoisotopic (exact) mass is 298 g/mol. The highest BCUT2D eigenvalue weighted by Crippen LogP contribution is 2.18. The lowest BCUT2D eigenvalue weighted by Gasteiger charge is -2.36. The molecule has 8 heteroatoms. The van der Waals surface area contributed by atoms with Crippen LogP contribution in [-0.4, -0.2) is 90.1 Å². The van der Waals surface area contributed by atoms with E-state index < -0.39 is 12.0 Å². The summed E-state index contributed by atoms with van der Waals surface area (Å²) in [6.45, 7) is 1.97. The van der Waals surface area contributed by atoms with Gasteiger partial charge in [0, 0.05) is 32.2 Å². The molecular formula is C13H22N4O4. The molecule has 118 valence electrons. The van der Waals surface area contributed by atoms with Crippen LogP contribution < -0.4 is 5.32 Å². The van der Waals surface area contributed by atoms with Crippen molar-refractivity contribution in [3.8, 4) is 0 Å². The van der Waals surface area contributed by atoms with Gasteiger partial charge < -0.3 is 25.1 Å². The highest BCUT2D eigenvalue weighted by atomic mass is 16.4. The van der Waals surface area contributed by atoms with Crippen molar-refractivity contribution in [3.05, 3.63) is 0 Å². The zero-order chi connectivity index (χ0) is 15.6. The van der Waals surface area contributed by atoms with Crippen molar-refractivity contribution in [1.82, 2.24) is 20.0 Å². The molecule has 2 atom stereocenters. The maximum Gasteiger partial charge on any atom is 0.320 e. The van der Waals surface area contributed by atoms with E-state index in [1.807, 2.05) is 14.1 Å². The molecule has 0 aromatic rings. The Bertz CT molecular complexity index is 440. The van der Waals surface area contributed by atoms with Crippen molar-refractivity contribution < 1.29 is 19.5 Å². The first-order valence-electron chi connectivity index (χ1n) is 7.11. The number of likely N-dealkylation sites (N-methyl/N-ethyl adjacent to an activating group) is 1. The van der Waals surface area contributed by atoms with E-state index in [-0.39, 0.29) is 18.4 Å². The second kappa shape index (κ2) is 6.30. The summed E-state index contributed by atoms with van der Waals surface area (Å²) in [5, 5.41) is 11.5. The van der Waals surface area contributed by atoms with Gasteiger partial charge >= 0.3 is 12.0 Å². The van der Waals surface area contributed by atoms with Crippen molar-refractivity contribution in [1.29, 1.82) is 0 Å². The number of urea groups is 1. The quantitative estimate of drug-likeness (QED) is 0.698. The molecule has 0 aromatic heterocycles. The Morgan fingerprint density at radius 2 is 2.10 bits per heavy atom. The minimum absolute atomic E-state index is 0.236. The minimum atomic E-state index is -1.08.